The Balaban J connectivity index is 2.51. The zero-order valence-electron chi connectivity index (χ0n) is 8.93. The van der Waals surface area contributed by atoms with Gasteiger partial charge in [-0.15, -0.1) is 0 Å². The van der Waals surface area contributed by atoms with Crippen LogP contribution in [-0.2, 0) is 0 Å². The second-order valence-corrected chi connectivity index (χ2v) is 4.15. The van der Waals surface area contributed by atoms with E-state index >= 15 is 0 Å². The molecule has 0 radical (unpaired) electrons. The van der Waals surface area contributed by atoms with E-state index in [0.717, 1.165) is 29.5 Å². The van der Waals surface area contributed by atoms with Crippen molar-refractivity contribution < 1.29 is 9.64 Å². The van der Waals surface area contributed by atoms with Gasteiger partial charge in [0.2, 0.25) is 0 Å². The number of nitrogens with one attached hydrogen (secondary N) is 1. The van der Waals surface area contributed by atoms with Gasteiger partial charge >= 0.3 is 0 Å². The van der Waals surface area contributed by atoms with Crippen molar-refractivity contribution in [2.75, 3.05) is 27.2 Å². The van der Waals surface area contributed by atoms with Gasteiger partial charge in [0.15, 0.2) is 0 Å². The van der Waals surface area contributed by atoms with E-state index in [1.807, 2.05) is 25.1 Å². The molecule has 1 N–H and O–H groups in total. The highest BCUT2D eigenvalue weighted by atomic mass is 35.5. The Bertz CT molecular complexity index is 299. The van der Waals surface area contributed by atoms with Gasteiger partial charge in [-0.2, -0.15) is 0 Å². The van der Waals surface area contributed by atoms with Crippen LogP contribution in [0.15, 0.2) is 18.2 Å². The molecule has 0 unspecified atom stereocenters. The van der Waals surface area contributed by atoms with Crippen LogP contribution in [-0.4, -0.2) is 27.2 Å². The summed E-state index contributed by atoms with van der Waals surface area (Å²) in [5, 5.41) is 0.757. The van der Waals surface area contributed by atoms with E-state index in [1.165, 1.54) is 4.90 Å². The molecule has 0 saturated heterocycles. The zero-order chi connectivity index (χ0) is 10.6. The lowest BCUT2D eigenvalue weighted by Gasteiger charge is -2.11. The third kappa shape index (κ3) is 3.56. The molecule has 0 aliphatic heterocycles. The van der Waals surface area contributed by atoms with Crippen LogP contribution in [0.4, 0.5) is 0 Å². The summed E-state index contributed by atoms with van der Waals surface area (Å²) < 4.78 is 5.62. The van der Waals surface area contributed by atoms with Gasteiger partial charge in [0.25, 0.3) is 0 Å². The van der Waals surface area contributed by atoms with Gasteiger partial charge in [0, 0.05) is 5.02 Å². The monoisotopic (exact) mass is 214 g/mol. The van der Waals surface area contributed by atoms with Crippen molar-refractivity contribution in [1.82, 2.24) is 0 Å². The summed E-state index contributed by atoms with van der Waals surface area (Å²) in [5.41, 5.74) is 1.09. The Morgan fingerprint density at radius 1 is 1.36 bits per heavy atom. The fourth-order valence-electron chi connectivity index (χ4n) is 1.14. The lowest BCUT2D eigenvalue weighted by atomic mass is 10.2. The van der Waals surface area contributed by atoms with E-state index in [2.05, 4.69) is 14.1 Å². The van der Waals surface area contributed by atoms with E-state index in [4.69, 9.17) is 16.3 Å². The molecular weight excluding hydrogens is 198 g/mol. The summed E-state index contributed by atoms with van der Waals surface area (Å²) in [7, 11) is 4.22. The van der Waals surface area contributed by atoms with E-state index in [1.54, 1.807) is 0 Å². The second kappa shape index (κ2) is 5.23. The predicted octanol–water partition coefficient (Wildman–Crippen LogP) is 1.17. The summed E-state index contributed by atoms with van der Waals surface area (Å²) in [6.45, 7) is 3.75. The third-order valence-electron chi connectivity index (χ3n) is 2.00. The molecule has 2 nitrogen and oxygen atoms in total. The first kappa shape index (κ1) is 11.3. The van der Waals surface area contributed by atoms with Gasteiger partial charge in [-0.05, 0) is 30.7 Å². The summed E-state index contributed by atoms with van der Waals surface area (Å²) >= 11 is 5.84. The molecule has 0 fully saturated rings. The van der Waals surface area contributed by atoms with Crippen molar-refractivity contribution >= 4 is 11.6 Å². The number of rotatable bonds is 4. The molecule has 0 aliphatic rings. The number of hydrogen-bond donors (Lipinski definition) is 1. The molecule has 0 aromatic heterocycles. The minimum absolute atomic E-state index is 0.741. The van der Waals surface area contributed by atoms with Crippen molar-refractivity contribution in [3.05, 3.63) is 28.8 Å². The molecule has 1 aromatic carbocycles. The number of ether oxygens (including phenoxy) is 1. The lowest BCUT2D eigenvalue weighted by Crippen LogP contribution is -3.06. The minimum atomic E-state index is 0.741. The fourth-order valence-corrected chi connectivity index (χ4v) is 1.37. The molecule has 0 amide bonds. The number of halogens is 1. The summed E-state index contributed by atoms with van der Waals surface area (Å²) in [6, 6.07) is 5.69. The minimum Gasteiger partial charge on any atom is -0.487 e. The molecule has 3 heteroatoms. The SMILES string of the molecule is Cc1cc(Cl)ccc1OCC[NH+](C)C. The average Bonchev–Trinajstić information content (AvgIpc) is 2.08. The Morgan fingerprint density at radius 2 is 2.07 bits per heavy atom. The maximum atomic E-state index is 5.84. The smallest absolute Gasteiger partial charge is 0.137 e. The van der Waals surface area contributed by atoms with Crippen LogP contribution < -0.4 is 9.64 Å². The van der Waals surface area contributed by atoms with Gasteiger partial charge in [-0.1, -0.05) is 11.6 Å². The first-order valence-corrected chi connectivity index (χ1v) is 5.15. The number of aryl methyl sites for hydroxylation is 1. The summed E-state index contributed by atoms with van der Waals surface area (Å²) in [5.74, 6) is 0.927. The molecule has 0 aliphatic carbocycles. The van der Waals surface area contributed by atoms with Gasteiger partial charge < -0.3 is 9.64 Å². The highest BCUT2D eigenvalue weighted by Gasteiger charge is 2.01. The van der Waals surface area contributed by atoms with Crippen molar-refractivity contribution in [3.63, 3.8) is 0 Å². The van der Waals surface area contributed by atoms with Crippen molar-refractivity contribution in [1.29, 1.82) is 0 Å². The normalized spacial score (nSPS) is 10.6. The van der Waals surface area contributed by atoms with Crippen molar-refractivity contribution in [2.45, 2.75) is 6.92 Å². The largest absolute Gasteiger partial charge is 0.487 e. The predicted molar refractivity (Wildman–Crippen MR) is 59.4 cm³/mol. The van der Waals surface area contributed by atoms with Crippen molar-refractivity contribution in [2.24, 2.45) is 0 Å². The molecule has 1 aromatic rings. The van der Waals surface area contributed by atoms with Crippen LogP contribution in [0.5, 0.6) is 5.75 Å². The Hall–Kier alpha value is -0.730. The maximum Gasteiger partial charge on any atom is 0.137 e. The molecule has 0 spiro atoms. The maximum absolute atomic E-state index is 5.84. The molecule has 0 bridgehead atoms. The van der Waals surface area contributed by atoms with Gasteiger partial charge in [-0.25, -0.2) is 0 Å². The van der Waals surface area contributed by atoms with Crippen LogP contribution in [0.25, 0.3) is 0 Å². The van der Waals surface area contributed by atoms with Gasteiger partial charge in [0.05, 0.1) is 14.1 Å². The standard InChI is InChI=1S/C11H16ClNO/c1-9-8-10(12)4-5-11(9)14-7-6-13(2)3/h4-5,8H,6-7H2,1-3H3/p+1. The number of quaternary nitrogens is 1. The molecule has 1 rings (SSSR count). The van der Waals surface area contributed by atoms with E-state index in [-0.39, 0.29) is 0 Å². The van der Waals surface area contributed by atoms with Crippen molar-refractivity contribution in [3.8, 4) is 5.75 Å². The van der Waals surface area contributed by atoms with Crippen LogP contribution in [0.3, 0.4) is 0 Å². The summed E-state index contributed by atoms with van der Waals surface area (Å²) in [6.07, 6.45) is 0. The van der Waals surface area contributed by atoms with E-state index in [9.17, 15) is 0 Å². The third-order valence-corrected chi connectivity index (χ3v) is 2.23. The molecule has 0 saturated carbocycles. The molecule has 0 heterocycles. The molecular formula is C11H17ClNO+. The summed E-state index contributed by atoms with van der Waals surface area (Å²) in [4.78, 5) is 1.39. The van der Waals surface area contributed by atoms with E-state index in [0.29, 0.717) is 0 Å². The zero-order valence-corrected chi connectivity index (χ0v) is 9.69. The Labute approximate surface area is 90.4 Å². The van der Waals surface area contributed by atoms with Crippen LogP contribution in [0.1, 0.15) is 5.56 Å². The first-order chi connectivity index (χ1) is 6.59. The quantitative estimate of drug-likeness (QED) is 0.795. The van der Waals surface area contributed by atoms with E-state index < -0.39 is 0 Å². The second-order valence-electron chi connectivity index (χ2n) is 3.72. The first-order valence-electron chi connectivity index (χ1n) is 4.77. The fraction of sp³-hybridized carbons (Fsp3) is 0.455. The molecule has 0 atom stereocenters. The Kier molecular flexibility index (Phi) is 4.23. The van der Waals surface area contributed by atoms with Gasteiger partial charge in [0.1, 0.15) is 18.9 Å². The van der Waals surface area contributed by atoms with Gasteiger partial charge in [-0.3, -0.25) is 0 Å². The molecule has 14 heavy (non-hydrogen) atoms. The number of benzene rings is 1. The molecule has 78 valence electrons. The number of hydrogen-bond acceptors (Lipinski definition) is 1. The topological polar surface area (TPSA) is 13.7 Å². The lowest BCUT2D eigenvalue weighted by molar-refractivity contribution is -0.858. The van der Waals surface area contributed by atoms with Crippen LogP contribution in [0, 0.1) is 6.92 Å². The Morgan fingerprint density at radius 3 is 2.64 bits per heavy atom. The number of likely N-dealkylation sites (N-methyl/N-ethyl adjacent to an activating group) is 1. The highest BCUT2D eigenvalue weighted by molar-refractivity contribution is 6.30. The average molecular weight is 215 g/mol. The van der Waals surface area contributed by atoms with Crippen LogP contribution >= 0.6 is 11.6 Å². The highest BCUT2D eigenvalue weighted by Crippen LogP contribution is 2.21. The van der Waals surface area contributed by atoms with Crippen LogP contribution in [0.2, 0.25) is 5.02 Å².